The third-order valence-electron chi connectivity index (χ3n) is 11.8. The molecule has 352 valence electrons. The summed E-state index contributed by atoms with van der Waals surface area (Å²) in [6, 6.07) is -6.47. The zero-order valence-corrected chi connectivity index (χ0v) is 36.4. The number of urea groups is 1. The first-order valence-electron chi connectivity index (χ1n) is 20.5. The number of hydrogen-bond acceptors (Lipinski definition) is 17. The summed E-state index contributed by atoms with van der Waals surface area (Å²) in [5, 5.41) is 138. The van der Waals surface area contributed by atoms with Crippen LogP contribution in [0, 0.1) is 22.7 Å². The Morgan fingerprint density at radius 1 is 0.738 bits per heavy atom. The second-order valence-electron chi connectivity index (χ2n) is 20.2. The predicted molar refractivity (Wildman–Crippen MR) is 210 cm³/mol. The van der Waals surface area contributed by atoms with Crippen LogP contribution >= 0.6 is 0 Å². The summed E-state index contributed by atoms with van der Waals surface area (Å²) in [5.41, 5.74) is -5.68. The van der Waals surface area contributed by atoms with Crippen molar-refractivity contribution < 1.29 is 85.3 Å². The average molecular weight is 880 g/mol. The Balaban J connectivity index is 2.06. The van der Waals surface area contributed by atoms with E-state index in [1.807, 2.05) is 13.8 Å². The van der Waals surface area contributed by atoms with E-state index < -0.39 is 112 Å². The molecule has 0 bridgehead atoms. The van der Waals surface area contributed by atoms with Crippen molar-refractivity contribution in [2.75, 3.05) is 6.54 Å². The van der Waals surface area contributed by atoms with Crippen molar-refractivity contribution in [1.29, 1.82) is 0 Å². The molecule has 0 aromatic rings. The summed E-state index contributed by atoms with van der Waals surface area (Å²) in [7, 11) is 0. The van der Waals surface area contributed by atoms with Gasteiger partial charge in [0.25, 0.3) is 34.8 Å². The van der Waals surface area contributed by atoms with E-state index in [1.165, 1.54) is 20.8 Å². The molecule has 61 heavy (non-hydrogen) atoms. The van der Waals surface area contributed by atoms with Gasteiger partial charge in [0.05, 0.1) is 6.04 Å². The molecule has 2 aliphatic carbocycles. The van der Waals surface area contributed by atoms with Crippen molar-refractivity contribution in [1.82, 2.24) is 26.2 Å². The number of Topliss-reactive ketones (excluding diaryl/α,β-unsaturated/α-hetero) is 1. The van der Waals surface area contributed by atoms with Crippen LogP contribution in [-0.4, -0.2) is 167 Å². The highest BCUT2D eigenvalue weighted by atomic mass is 16.7. The highest BCUT2D eigenvalue weighted by Crippen LogP contribution is 2.55. The van der Waals surface area contributed by atoms with E-state index in [0.717, 1.165) is 11.8 Å². The number of rotatable bonds is 16. The van der Waals surface area contributed by atoms with Crippen molar-refractivity contribution in [3.63, 3.8) is 0 Å². The number of carbonyl (C=O) groups excluding carboxylic acids is 5. The van der Waals surface area contributed by atoms with Crippen molar-refractivity contribution in [2.45, 2.75) is 185 Å². The zero-order chi connectivity index (χ0) is 47.3. The lowest BCUT2D eigenvalue weighted by molar-refractivity contribution is -0.595. The van der Waals surface area contributed by atoms with Gasteiger partial charge in [0.1, 0.15) is 12.1 Å². The molecule has 2 saturated carbocycles. The monoisotopic (exact) mass is 879 g/mol. The van der Waals surface area contributed by atoms with Crippen molar-refractivity contribution >= 4 is 29.5 Å². The normalized spacial score (nSPS) is 25.0. The molecule has 1 aliphatic heterocycles. The highest BCUT2D eigenvalue weighted by molar-refractivity contribution is 6.38. The quantitative estimate of drug-likeness (QED) is 0.0521. The van der Waals surface area contributed by atoms with Crippen molar-refractivity contribution in [3.8, 4) is 0 Å². The molecule has 0 aromatic heterocycles. The Morgan fingerprint density at radius 2 is 1.25 bits per heavy atom. The largest absolute Gasteiger partial charge is 0.366 e. The molecule has 1 heterocycles. The molecule has 3 rings (SSSR count). The number of nitrogens with zero attached hydrogens (tertiary/aromatic N) is 1. The topological polar surface area (TPSA) is 379 Å². The minimum atomic E-state index is -4.92. The third kappa shape index (κ3) is 10.6. The molecule has 3 aliphatic rings. The molecular weight excluding hydrogens is 810 g/mol. The van der Waals surface area contributed by atoms with E-state index in [4.69, 9.17) is 0 Å². The molecule has 3 fully saturated rings. The number of amides is 5. The Hall–Kier alpha value is -3.13. The standard InChI is InChI=1S/C39H69N5O17/c1-20(2)17-21-18-24(27(46)41-23(13-16-33(9,50)51)25(45)28(47)40-22-11-12-22)44(19-21)29(48)26(32(6,7)8)42-30(49)43-34(15-10-14-31(3,4)5)35(52,53)37(56,57)39(60,61)38(58,59)36(34,54)55/h20-24,26,50-61H,10-19H2,1-9H3,(H,40,47)(H,41,46)(H2,42,43,49). The van der Waals surface area contributed by atoms with Crippen LogP contribution in [0.25, 0.3) is 0 Å². The average Bonchev–Trinajstić information content (AvgIpc) is 3.80. The van der Waals surface area contributed by atoms with Gasteiger partial charge in [-0.2, -0.15) is 0 Å². The molecule has 0 radical (unpaired) electrons. The maximum Gasteiger partial charge on any atom is 0.316 e. The summed E-state index contributed by atoms with van der Waals surface area (Å²) in [4.78, 5) is 70.0. The van der Waals surface area contributed by atoms with Crippen molar-refractivity contribution in [2.24, 2.45) is 22.7 Å². The minimum absolute atomic E-state index is 0.0475. The molecule has 16 N–H and O–H groups in total. The predicted octanol–water partition coefficient (Wildman–Crippen LogP) is -3.85. The Bertz CT molecular complexity index is 1610. The molecule has 4 unspecified atom stereocenters. The third-order valence-corrected chi connectivity index (χ3v) is 11.8. The van der Waals surface area contributed by atoms with Gasteiger partial charge in [-0.1, -0.05) is 61.8 Å². The van der Waals surface area contributed by atoms with Crippen LogP contribution < -0.4 is 21.3 Å². The van der Waals surface area contributed by atoms with Gasteiger partial charge in [-0.25, -0.2) is 4.79 Å². The lowest BCUT2D eigenvalue weighted by atomic mass is 9.60. The Labute approximate surface area is 354 Å². The Kier molecular flexibility index (Phi) is 14.9. The first-order chi connectivity index (χ1) is 27.3. The van der Waals surface area contributed by atoms with Crippen LogP contribution in [0.3, 0.4) is 0 Å². The van der Waals surface area contributed by atoms with E-state index in [1.54, 1.807) is 26.1 Å². The maximum absolute atomic E-state index is 14.7. The van der Waals surface area contributed by atoms with Gasteiger partial charge < -0.3 is 87.4 Å². The molecular formula is C39H69N5O17. The molecule has 0 spiro atoms. The van der Waals surface area contributed by atoms with Crippen LogP contribution in [-0.2, 0) is 19.2 Å². The van der Waals surface area contributed by atoms with Gasteiger partial charge in [-0.3, -0.25) is 19.2 Å². The second kappa shape index (κ2) is 17.4. The SMILES string of the molecule is CC(C)CC1CC(C(=O)NC(CCC(C)(O)O)C(=O)C(=O)NC2CC2)N(C(=O)C(NC(=O)NC2(CCCC(C)(C)C)C(O)(O)C(O)(O)C(O)(O)C(O)(O)C2(O)O)C(C)(C)C)C1. The lowest BCUT2D eigenvalue weighted by Crippen LogP contribution is -2.98. The number of nitrogens with one attached hydrogen (secondary N) is 4. The van der Waals surface area contributed by atoms with Gasteiger partial charge in [0, 0.05) is 19.0 Å². The summed E-state index contributed by atoms with van der Waals surface area (Å²) in [6.07, 6.45) is -0.343. The van der Waals surface area contributed by atoms with E-state index in [2.05, 4.69) is 16.0 Å². The van der Waals surface area contributed by atoms with Gasteiger partial charge in [-0.15, -0.1) is 0 Å². The molecule has 0 aromatic carbocycles. The van der Waals surface area contributed by atoms with Gasteiger partial charge in [-0.05, 0) is 74.5 Å². The fraction of sp³-hybridized carbons (Fsp3) is 0.872. The fourth-order valence-electron chi connectivity index (χ4n) is 8.06. The summed E-state index contributed by atoms with van der Waals surface area (Å²) < 4.78 is 0. The highest BCUT2D eigenvalue weighted by Gasteiger charge is 2.91. The van der Waals surface area contributed by atoms with E-state index >= 15 is 0 Å². The number of likely N-dealkylation sites (tertiary alicyclic amines) is 1. The zero-order valence-electron chi connectivity index (χ0n) is 36.4. The molecule has 4 atom stereocenters. The van der Waals surface area contributed by atoms with Crippen LogP contribution in [0.2, 0.25) is 0 Å². The number of aliphatic hydroxyl groups is 12. The van der Waals surface area contributed by atoms with Crippen LogP contribution in [0.5, 0.6) is 0 Å². The van der Waals surface area contributed by atoms with Crippen LogP contribution in [0.15, 0.2) is 0 Å². The van der Waals surface area contributed by atoms with E-state index in [-0.39, 0.29) is 50.1 Å². The number of ketones is 1. The fourth-order valence-corrected chi connectivity index (χ4v) is 8.06. The Morgan fingerprint density at radius 3 is 1.69 bits per heavy atom. The molecule has 22 nitrogen and oxygen atoms in total. The first kappa shape index (κ1) is 52.2. The second-order valence-corrected chi connectivity index (χ2v) is 20.2. The van der Waals surface area contributed by atoms with Crippen LogP contribution in [0.1, 0.15) is 120 Å². The van der Waals surface area contributed by atoms with Gasteiger partial charge >= 0.3 is 6.03 Å². The number of carbonyl (C=O) groups is 5. The van der Waals surface area contributed by atoms with Crippen molar-refractivity contribution in [3.05, 3.63) is 0 Å². The van der Waals surface area contributed by atoms with Crippen LogP contribution in [0.4, 0.5) is 4.79 Å². The summed E-state index contributed by atoms with van der Waals surface area (Å²) >= 11 is 0. The minimum Gasteiger partial charge on any atom is -0.366 e. The summed E-state index contributed by atoms with van der Waals surface area (Å²) in [5.74, 6) is -30.2. The molecule has 5 amide bonds. The molecule has 1 saturated heterocycles. The lowest BCUT2D eigenvalue weighted by Gasteiger charge is -2.65. The van der Waals surface area contributed by atoms with E-state index in [0.29, 0.717) is 19.3 Å². The van der Waals surface area contributed by atoms with Gasteiger partial charge in [0.2, 0.25) is 17.6 Å². The molecule has 22 heteroatoms. The van der Waals surface area contributed by atoms with Gasteiger partial charge in [0.15, 0.2) is 11.3 Å². The smallest absolute Gasteiger partial charge is 0.316 e. The first-order valence-corrected chi connectivity index (χ1v) is 20.5. The van der Waals surface area contributed by atoms with E-state index in [9.17, 15) is 85.3 Å². The number of hydrogen-bond donors (Lipinski definition) is 16. The maximum atomic E-state index is 14.7. The summed E-state index contributed by atoms with van der Waals surface area (Å²) in [6.45, 7) is 14.4.